The molecule has 0 aromatic rings. The van der Waals surface area contributed by atoms with Gasteiger partial charge in [-0.05, 0) is 13.3 Å². The summed E-state index contributed by atoms with van der Waals surface area (Å²) in [6.07, 6.45) is 6.27. The lowest BCUT2D eigenvalue weighted by molar-refractivity contribution is 0.166. The summed E-state index contributed by atoms with van der Waals surface area (Å²) < 4.78 is 0. The highest BCUT2D eigenvalue weighted by Crippen LogP contribution is 2.06. The summed E-state index contributed by atoms with van der Waals surface area (Å²) in [7, 11) is 0. The molecule has 0 amide bonds. The average molecular weight is 168 g/mol. The van der Waals surface area contributed by atoms with Crippen molar-refractivity contribution in [3.8, 4) is 11.8 Å². The van der Waals surface area contributed by atoms with E-state index >= 15 is 0 Å². The third-order valence-corrected chi connectivity index (χ3v) is 1.91. The van der Waals surface area contributed by atoms with Crippen LogP contribution in [0.2, 0.25) is 0 Å². The van der Waals surface area contributed by atoms with E-state index in [0.717, 1.165) is 12.8 Å². The van der Waals surface area contributed by atoms with Crippen LogP contribution in [0.5, 0.6) is 0 Å². The number of unbranched alkanes of at least 4 members (excludes halogenated alkanes) is 3. The predicted octanol–water partition coefficient (Wildman–Crippen LogP) is 2.73. The molecule has 0 rings (SSSR count). The first-order valence-corrected chi connectivity index (χ1v) is 4.89. The Kier molecular flexibility index (Phi) is 8.27. The van der Waals surface area contributed by atoms with Crippen molar-refractivity contribution in [2.75, 3.05) is 0 Å². The van der Waals surface area contributed by atoms with Gasteiger partial charge in [0, 0.05) is 6.42 Å². The zero-order chi connectivity index (χ0) is 9.23. The number of hydrogen-bond acceptors (Lipinski definition) is 1. The maximum atomic E-state index is 9.38. The summed E-state index contributed by atoms with van der Waals surface area (Å²) in [6.45, 7) is 4.00. The zero-order valence-corrected chi connectivity index (χ0v) is 8.27. The van der Waals surface area contributed by atoms with Gasteiger partial charge in [0.05, 0.1) is 6.10 Å². The van der Waals surface area contributed by atoms with Gasteiger partial charge in [-0.2, -0.15) is 0 Å². The van der Waals surface area contributed by atoms with Gasteiger partial charge in [0.25, 0.3) is 0 Å². The van der Waals surface area contributed by atoms with E-state index in [1.54, 1.807) is 0 Å². The van der Waals surface area contributed by atoms with Crippen LogP contribution in [-0.2, 0) is 0 Å². The summed E-state index contributed by atoms with van der Waals surface area (Å²) in [5.74, 6) is 5.68. The standard InChI is InChI=1S/C11H20O/c1-3-5-7-8-10-11(12)9-6-4-2/h11-12H,3,5,7-10H2,1-2H3. The molecule has 0 aliphatic carbocycles. The molecule has 1 heteroatoms. The summed E-state index contributed by atoms with van der Waals surface area (Å²) in [5, 5.41) is 9.38. The molecule has 0 fully saturated rings. The summed E-state index contributed by atoms with van der Waals surface area (Å²) in [5.41, 5.74) is 0. The quantitative estimate of drug-likeness (QED) is 0.477. The first-order chi connectivity index (χ1) is 5.81. The number of aliphatic hydroxyl groups is 1. The minimum atomic E-state index is -0.200. The molecule has 0 aliphatic heterocycles. The van der Waals surface area contributed by atoms with Crippen molar-refractivity contribution in [3.05, 3.63) is 0 Å². The third kappa shape index (κ3) is 7.63. The Bertz CT molecular complexity index is 141. The fourth-order valence-corrected chi connectivity index (χ4v) is 1.13. The molecule has 0 heterocycles. The molecule has 1 nitrogen and oxygen atoms in total. The smallest absolute Gasteiger partial charge is 0.0649 e. The van der Waals surface area contributed by atoms with Crippen LogP contribution in [0.4, 0.5) is 0 Å². The van der Waals surface area contributed by atoms with Gasteiger partial charge in [-0.3, -0.25) is 0 Å². The van der Waals surface area contributed by atoms with E-state index in [1.165, 1.54) is 19.3 Å². The van der Waals surface area contributed by atoms with Crippen LogP contribution in [0, 0.1) is 11.8 Å². The topological polar surface area (TPSA) is 20.2 Å². The van der Waals surface area contributed by atoms with Crippen molar-refractivity contribution in [3.63, 3.8) is 0 Å². The maximum Gasteiger partial charge on any atom is 0.0649 e. The zero-order valence-electron chi connectivity index (χ0n) is 8.27. The lowest BCUT2D eigenvalue weighted by Crippen LogP contribution is -2.04. The molecular formula is C11H20O. The van der Waals surface area contributed by atoms with Gasteiger partial charge in [-0.25, -0.2) is 0 Å². The Hall–Kier alpha value is -0.480. The Morgan fingerprint density at radius 1 is 1.25 bits per heavy atom. The predicted molar refractivity (Wildman–Crippen MR) is 52.8 cm³/mol. The molecule has 1 unspecified atom stereocenters. The maximum absolute atomic E-state index is 9.38. The molecule has 0 aliphatic rings. The summed E-state index contributed by atoms with van der Waals surface area (Å²) in [4.78, 5) is 0. The highest BCUT2D eigenvalue weighted by Gasteiger charge is 2.00. The first kappa shape index (κ1) is 11.5. The average Bonchev–Trinajstić information content (AvgIpc) is 2.09. The highest BCUT2D eigenvalue weighted by molar-refractivity contribution is 4.96. The van der Waals surface area contributed by atoms with Crippen molar-refractivity contribution in [1.29, 1.82) is 0 Å². The molecule has 70 valence electrons. The summed E-state index contributed by atoms with van der Waals surface area (Å²) >= 11 is 0. The highest BCUT2D eigenvalue weighted by atomic mass is 16.3. The van der Waals surface area contributed by atoms with Crippen LogP contribution >= 0.6 is 0 Å². The monoisotopic (exact) mass is 168 g/mol. The van der Waals surface area contributed by atoms with E-state index in [4.69, 9.17) is 0 Å². The molecule has 0 radical (unpaired) electrons. The van der Waals surface area contributed by atoms with Crippen molar-refractivity contribution < 1.29 is 5.11 Å². The SMILES string of the molecule is CC#CCC(O)CCCCCC. The van der Waals surface area contributed by atoms with Gasteiger partial charge in [0.1, 0.15) is 0 Å². The van der Waals surface area contributed by atoms with Crippen LogP contribution < -0.4 is 0 Å². The second-order valence-electron chi connectivity index (χ2n) is 3.13. The molecule has 0 aromatic heterocycles. The van der Waals surface area contributed by atoms with Gasteiger partial charge in [0.15, 0.2) is 0 Å². The van der Waals surface area contributed by atoms with E-state index in [1.807, 2.05) is 6.92 Å². The molecule has 0 aromatic carbocycles. The van der Waals surface area contributed by atoms with E-state index in [0.29, 0.717) is 6.42 Å². The lowest BCUT2D eigenvalue weighted by atomic mass is 10.1. The third-order valence-electron chi connectivity index (χ3n) is 1.91. The van der Waals surface area contributed by atoms with Gasteiger partial charge in [-0.1, -0.05) is 32.6 Å². The van der Waals surface area contributed by atoms with Gasteiger partial charge >= 0.3 is 0 Å². The van der Waals surface area contributed by atoms with Gasteiger partial charge in [0.2, 0.25) is 0 Å². The van der Waals surface area contributed by atoms with Crippen LogP contribution in [0.1, 0.15) is 52.4 Å². The number of aliphatic hydroxyl groups excluding tert-OH is 1. The van der Waals surface area contributed by atoms with Crippen molar-refractivity contribution in [2.45, 2.75) is 58.5 Å². The van der Waals surface area contributed by atoms with E-state index in [-0.39, 0.29) is 6.10 Å². The molecule has 0 saturated carbocycles. The van der Waals surface area contributed by atoms with Crippen molar-refractivity contribution in [1.82, 2.24) is 0 Å². The van der Waals surface area contributed by atoms with E-state index in [2.05, 4.69) is 18.8 Å². The van der Waals surface area contributed by atoms with Crippen LogP contribution in [0.15, 0.2) is 0 Å². The summed E-state index contributed by atoms with van der Waals surface area (Å²) in [6, 6.07) is 0. The minimum Gasteiger partial charge on any atom is -0.392 e. The van der Waals surface area contributed by atoms with E-state index < -0.39 is 0 Å². The van der Waals surface area contributed by atoms with Crippen LogP contribution in [-0.4, -0.2) is 11.2 Å². The number of hydrogen-bond donors (Lipinski definition) is 1. The fourth-order valence-electron chi connectivity index (χ4n) is 1.13. The normalized spacial score (nSPS) is 11.9. The minimum absolute atomic E-state index is 0.200. The Morgan fingerprint density at radius 2 is 2.00 bits per heavy atom. The number of rotatable bonds is 6. The molecule has 1 N–H and O–H groups in total. The molecule has 0 bridgehead atoms. The van der Waals surface area contributed by atoms with Crippen LogP contribution in [0.25, 0.3) is 0 Å². The largest absolute Gasteiger partial charge is 0.392 e. The Morgan fingerprint density at radius 3 is 2.58 bits per heavy atom. The lowest BCUT2D eigenvalue weighted by Gasteiger charge is -2.05. The Labute approximate surface area is 76.2 Å². The van der Waals surface area contributed by atoms with Gasteiger partial charge in [-0.15, -0.1) is 11.8 Å². The van der Waals surface area contributed by atoms with Crippen LogP contribution in [0.3, 0.4) is 0 Å². The van der Waals surface area contributed by atoms with Crippen molar-refractivity contribution in [2.24, 2.45) is 0 Å². The second kappa shape index (κ2) is 8.62. The molecule has 0 saturated heterocycles. The van der Waals surface area contributed by atoms with Crippen molar-refractivity contribution >= 4 is 0 Å². The van der Waals surface area contributed by atoms with E-state index in [9.17, 15) is 5.11 Å². The molecule has 0 spiro atoms. The molecule has 1 atom stereocenters. The molecular weight excluding hydrogens is 148 g/mol. The second-order valence-corrected chi connectivity index (χ2v) is 3.13. The first-order valence-electron chi connectivity index (χ1n) is 4.89. The van der Waals surface area contributed by atoms with Gasteiger partial charge < -0.3 is 5.11 Å². The molecule has 12 heavy (non-hydrogen) atoms. The Balaban J connectivity index is 3.17. The fraction of sp³-hybridized carbons (Fsp3) is 0.818.